The third-order valence-corrected chi connectivity index (χ3v) is 4.67. The molecule has 0 bridgehead atoms. The van der Waals surface area contributed by atoms with Crippen LogP contribution in [0, 0.1) is 0 Å². The molecule has 1 fully saturated rings. The molecule has 2 atom stereocenters. The molecule has 1 aliphatic heterocycles. The maximum Gasteiger partial charge on any atom is 0.252 e. The zero-order chi connectivity index (χ0) is 19.1. The summed E-state index contributed by atoms with van der Waals surface area (Å²) in [5.74, 6) is 0.175. The van der Waals surface area contributed by atoms with E-state index in [-0.39, 0.29) is 17.9 Å². The van der Waals surface area contributed by atoms with Crippen molar-refractivity contribution in [2.45, 2.75) is 24.9 Å². The number of piperidine rings is 1. The van der Waals surface area contributed by atoms with Crippen LogP contribution in [0.15, 0.2) is 54.6 Å². The second-order valence-corrected chi connectivity index (χ2v) is 6.60. The van der Waals surface area contributed by atoms with Crippen LogP contribution in [0.3, 0.4) is 0 Å². The van der Waals surface area contributed by atoms with Gasteiger partial charge < -0.3 is 20.7 Å². The van der Waals surface area contributed by atoms with Gasteiger partial charge in [-0.25, -0.2) is 0 Å². The minimum atomic E-state index is -0.747. The molecule has 0 saturated carbocycles. The van der Waals surface area contributed by atoms with Crippen molar-refractivity contribution >= 4 is 11.8 Å². The average Bonchev–Trinajstić information content (AvgIpc) is 2.73. The SMILES string of the molecule is COc1ccc(C(=O)NC(C(=O)NC2CCCNC2)c2ccccc2)cc1. The maximum atomic E-state index is 12.9. The van der Waals surface area contributed by atoms with Gasteiger partial charge in [0.2, 0.25) is 5.91 Å². The Balaban J connectivity index is 1.74. The number of nitrogens with one attached hydrogen (secondary N) is 3. The van der Waals surface area contributed by atoms with Gasteiger partial charge in [0, 0.05) is 18.2 Å². The summed E-state index contributed by atoms with van der Waals surface area (Å²) in [4.78, 5) is 25.6. The molecule has 142 valence electrons. The quantitative estimate of drug-likeness (QED) is 0.730. The Bertz CT molecular complexity index is 756. The van der Waals surface area contributed by atoms with Crippen LogP contribution in [0.1, 0.15) is 34.8 Å². The number of carbonyl (C=O) groups excluding carboxylic acids is 2. The van der Waals surface area contributed by atoms with Crippen molar-refractivity contribution in [1.29, 1.82) is 0 Å². The Labute approximate surface area is 159 Å². The lowest BCUT2D eigenvalue weighted by molar-refractivity contribution is -0.124. The van der Waals surface area contributed by atoms with E-state index in [1.807, 2.05) is 30.3 Å². The fraction of sp³-hybridized carbons (Fsp3) is 0.333. The summed E-state index contributed by atoms with van der Waals surface area (Å²) in [5, 5.41) is 9.20. The van der Waals surface area contributed by atoms with Crippen molar-refractivity contribution in [3.05, 3.63) is 65.7 Å². The Morgan fingerprint density at radius 3 is 2.48 bits per heavy atom. The number of benzene rings is 2. The number of amides is 2. The van der Waals surface area contributed by atoms with Crippen LogP contribution in [0.4, 0.5) is 0 Å². The standard InChI is InChI=1S/C21H25N3O3/c1-27-18-11-9-16(10-12-18)20(25)24-19(15-6-3-2-4-7-15)21(26)23-17-8-5-13-22-14-17/h2-4,6-7,9-12,17,19,22H,5,8,13-14H2,1H3,(H,23,26)(H,24,25). The average molecular weight is 367 g/mol. The normalized spacial score (nSPS) is 17.6. The molecule has 2 amide bonds. The van der Waals surface area contributed by atoms with Crippen molar-refractivity contribution in [2.24, 2.45) is 0 Å². The van der Waals surface area contributed by atoms with Crippen LogP contribution >= 0.6 is 0 Å². The second kappa shape index (κ2) is 9.19. The Morgan fingerprint density at radius 2 is 1.85 bits per heavy atom. The molecule has 2 aromatic rings. The molecule has 27 heavy (non-hydrogen) atoms. The predicted octanol–water partition coefficient (Wildman–Crippen LogP) is 2.03. The van der Waals surface area contributed by atoms with Crippen LogP contribution in [-0.2, 0) is 4.79 Å². The highest BCUT2D eigenvalue weighted by atomic mass is 16.5. The number of carbonyl (C=O) groups is 2. The van der Waals surface area contributed by atoms with Crippen LogP contribution in [0.2, 0.25) is 0 Å². The molecule has 2 unspecified atom stereocenters. The Hall–Kier alpha value is -2.86. The predicted molar refractivity (Wildman–Crippen MR) is 104 cm³/mol. The van der Waals surface area contributed by atoms with Gasteiger partial charge in [0.1, 0.15) is 11.8 Å². The van der Waals surface area contributed by atoms with E-state index in [0.29, 0.717) is 11.3 Å². The molecular weight excluding hydrogens is 342 g/mol. The molecule has 1 heterocycles. The summed E-state index contributed by atoms with van der Waals surface area (Å²) in [6, 6.07) is 15.4. The van der Waals surface area contributed by atoms with E-state index < -0.39 is 6.04 Å². The van der Waals surface area contributed by atoms with Gasteiger partial charge in [-0.3, -0.25) is 9.59 Å². The molecular formula is C21H25N3O3. The van der Waals surface area contributed by atoms with Gasteiger partial charge in [-0.2, -0.15) is 0 Å². The fourth-order valence-electron chi connectivity index (χ4n) is 3.16. The van der Waals surface area contributed by atoms with Crippen LogP contribution < -0.4 is 20.7 Å². The third kappa shape index (κ3) is 5.08. The van der Waals surface area contributed by atoms with Crippen molar-refractivity contribution in [1.82, 2.24) is 16.0 Å². The monoisotopic (exact) mass is 367 g/mol. The van der Waals surface area contributed by atoms with Crippen LogP contribution in [-0.4, -0.2) is 38.1 Å². The molecule has 0 aliphatic carbocycles. The number of hydrogen-bond donors (Lipinski definition) is 3. The zero-order valence-electron chi connectivity index (χ0n) is 15.4. The molecule has 3 rings (SSSR count). The van der Waals surface area contributed by atoms with Crippen molar-refractivity contribution in [3.63, 3.8) is 0 Å². The molecule has 3 N–H and O–H groups in total. The zero-order valence-corrected chi connectivity index (χ0v) is 15.4. The largest absolute Gasteiger partial charge is 0.497 e. The minimum absolute atomic E-state index is 0.0790. The topological polar surface area (TPSA) is 79.5 Å². The first-order valence-electron chi connectivity index (χ1n) is 9.18. The number of ether oxygens (including phenoxy) is 1. The lowest BCUT2D eigenvalue weighted by atomic mass is 10.0. The summed E-state index contributed by atoms with van der Waals surface area (Å²) in [7, 11) is 1.57. The summed E-state index contributed by atoms with van der Waals surface area (Å²) >= 11 is 0. The van der Waals surface area contributed by atoms with Gasteiger partial charge in [0.25, 0.3) is 5.91 Å². The third-order valence-electron chi connectivity index (χ3n) is 4.67. The number of rotatable bonds is 6. The molecule has 6 nitrogen and oxygen atoms in total. The lowest BCUT2D eigenvalue weighted by Crippen LogP contribution is -2.49. The lowest BCUT2D eigenvalue weighted by Gasteiger charge is -2.27. The van der Waals surface area contributed by atoms with Gasteiger partial charge in [-0.1, -0.05) is 30.3 Å². The van der Waals surface area contributed by atoms with Gasteiger partial charge in [0.15, 0.2) is 0 Å². The smallest absolute Gasteiger partial charge is 0.252 e. The molecule has 0 radical (unpaired) electrons. The summed E-state index contributed by atoms with van der Waals surface area (Å²) in [6.07, 6.45) is 1.96. The van der Waals surface area contributed by atoms with E-state index in [1.54, 1.807) is 31.4 Å². The molecule has 1 saturated heterocycles. The highest BCUT2D eigenvalue weighted by Gasteiger charge is 2.26. The van der Waals surface area contributed by atoms with E-state index in [1.165, 1.54) is 0 Å². The first-order chi connectivity index (χ1) is 13.2. The van der Waals surface area contributed by atoms with Gasteiger partial charge in [-0.15, -0.1) is 0 Å². The molecule has 0 aromatic heterocycles. The summed E-state index contributed by atoms with van der Waals surface area (Å²) < 4.78 is 5.12. The minimum Gasteiger partial charge on any atom is -0.497 e. The highest BCUT2D eigenvalue weighted by molar-refractivity contribution is 5.98. The Morgan fingerprint density at radius 1 is 1.11 bits per heavy atom. The Kier molecular flexibility index (Phi) is 6.44. The van der Waals surface area contributed by atoms with Gasteiger partial charge >= 0.3 is 0 Å². The first-order valence-corrected chi connectivity index (χ1v) is 9.18. The van der Waals surface area contributed by atoms with E-state index in [0.717, 1.165) is 31.5 Å². The molecule has 1 aliphatic rings. The fourth-order valence-corrected chi connectivity index (χ4v) is 3.16. The molecule has 2 aromatic carbocycles. The van der Waals surface area contributed by atoms with Gasteiger partial charge in [0.05, 0.1) is 7.11 Å². The van der Waals surface area contributed by atoms with E-state index in [2.05, 4.69) is 16.0 Å². The van der Waals surface area contributed by atoms with E-state index in [9.17, 15) is 9.59 Å². The molecule has 6 heteroatoms. The van der Waals surface area contributed by atoms with Crippen LogP contribution in [0.5, 0.6) is 5.75 Å². The van der Waals surface area contributed by atoms with E-state index >= 15 is 0 Å². The van der Waals surface area contributed by atoms with E-state index in [4.69, 9.17) is 4.74 Å². The van der Waals surface area contributed by atoms with Crippen molar-refractivity contribution in [2.75, 3.05) is 20.2 Å². The van der Waals surface area contributed by atoms with Gasteiger partial charge in [-0.05, 0) is 49.2 Å². The number of methoxy groups -OCH3 is 1. The highest BCUT2D eigenvalue weighted by Crippen LogP contribution is 2.16. The first kappa shape index (κ1) is 18.9. The van der Waals surface area contributed by atoms with Crippen LogP contribution in [0.25, 0.3) is 0 Å². The maximum absolute atomic E-state index is 12.9. The van der Waals surface area contributed by atoms with Crippen molar-refractivity contribution in [3.8, 4) is 5.75 Å². The number of hydrogen-bond acceptors (Lipinski definition) is 4. The summed E-state index contributed by atoms with van der Waals surface area (Å²) in [5.41, 5.74) is 1.23. The molecule has 0 spiro atoms. The summed E-state index contributed by atoms with van der Waals surface area (Å²) in [6.45, 7) is 1.72. The van der Waals surface area contributed by atoms with Crippen molar-refractivity contribution < 1.29 is 14.3 Å². The second-order valence-electron chi connectivity index (χ2n) is 6.60.